The van der Waals surface area contributed by atoms with Crippen molar-refractivity contribution in [2.24, 2.45) is 11.8 Å². The summed E-state index contributed by atoms with van der Waals surface area (Å²) in [6, 6.07) is -0.610. The molecule has 0 bridgehead atoms. The van der Waals surface area contributed by atoms with Crippen LogP contribution in [-0.2, 0) is 9.59 Å². The number of rotatable bonds is 8. The van der Waals surface area contributed by atoms with Gasteiger partial charge in [0.25, 0.3) is 0 Å². The van der Waals surface area contributed by atoms with Gasteiger partial charge < -0.3 is 14.9 Å². The van der Waals surface area contributed by atoms with Crippen LogP contribution >= 0.6 is 0 Å². The van der Waals surface area contributed by atoms with Crippen LogP contribution in [0.25, 0.3) is 0 Å². The third kappa shape index (κ3) is 6.04. The predicted octanol–water partition coefficient (Wildman–Crippen LogP) is 2.07. The summed E-state index contributed by atoms with van der Waals surface area (Å²) < 4.78 is 0. The van der Waals surface area contributed by atoms with E-state index >= 15 is 0 Å². The number of likely N-dealkylation sites (tertiary alicyclic amines) is 1. The number of amides is 1. The van der Waals surface area contributed by atoms with Crippen molar-refractivity contribution < 1.29 is 14.7 Å². The van der Waals surface area contributed by atoms with Crippen molar-refractivity contribution in [2.45, 2.75) is 53.0 Å². The lowest BCUT2D eigenvalue weighted by molar-refractivity contribution is -0.148. The van der Waals surface area contributed by atoms with Gasteiger partial charge in [0.1, 0.15) is 6.04 Å². The monoisotopic (exact) mass is 298 g/mol. The normalized spacial score (nSPS) is 19.0. The molecule has 0 aromatic carbocycles. The van der Waals surface area contributed by atoms with Gasteiger partial charge in [0.15, 0.2) is 0 Å². The summed E-state index contributed by atoms with van der Waals surface area (Å²) in [6.07, 6.45) is 1.80. The van der Waals surface area contributed by atoms with E-state index in [4.69, 9.17) is 5.11 Å². The zero-order chi connectivity index (χ0) is 16.0. The average Bonchev–Trinajstić information content (AvgIpc) is 2.83. The third-order valence-corrected chi connectivity index (χ3v) is 3.75. The minimum atomic E-state index is -0.873. The smallest absolute Gasteiger partial charge is 0.326 e. The fourth-order valence-corrected chi connectivity index (χ4v) is 3.01. The van der Waals surface area contributed by atoms with Crippen LogP contribution in [0.15, 0.2) is 0 Å². The molecule has 122 valence electrons. The standard InChI is InChI=1S/C16H30N2O3/c1-12(2)10-17(11-13(3)4)9-7-15(19)18-8-5-6-14(18)16(20)21/h12-14H,5-11H2,1-4H3,(H,20,21). The molecule has 0 radical (unpaired) electrons. The molecule has 1 heterocycles. The van der Waals surface area contributed by atoms with Crippen LogP contribution in [0.5, 0.6) is 0 Å². The second kappa shape index (κ2) is 8.37. The Morgan fingerprint density at radius 1 is 1.19 bits per heavy atom. The Balaban J connectivity index is 2.50. The summed E-state index contributed by atoms with van der Waals surface area (Å²) in [7, 11) is 0. The second-order valence-corrected chi connectivity index (χ2v) is 6.88. The summed E-state index contributed by atoms with van der Waals surface area (Å²) in [5.74, 6) is 0.245. The maximum absolute atomic E-state index is 12.3. The number of carboxylic acids is 1. The van der Waals surface area contributed by atoms with Crippen molar-refractivity contribution >= 4 is 11.9 Å². The molecule has 1 unspecified atom stereocenters. The SMILES string of the molecule is CC(C)CN(CCC(=O)N1CCCC1C(=O)O)CC(C)C. The Kier molecular flexibility index (Phi) is 7.15. The van der Waals surface area contributed by atoms with Gasteiger partial charge >= 0.3 is 5.97 Å². The molecule has 5 heteroatoms. The molecule has 1 fully saturated rings. The number of hydrogen-bond acceptors (Lipinski definition) is 3. The van der Waals surface area contributed by atoms with E-state index in [0.29, 0.717) is 31.2 Å². The number of carbonyl (C=O) groups is 2. The molecular formula is C16H30N2O3. The first-order valence-corrected chi connectivity index (χ1v) is 8.05. The van der Waals surface area contributed by atoms with Crippen LogP contribution in [0, 0.1) is 11.8 Å². The van der Waals surface area contributed by atoms with Gasteiger partial charge in [-0.25, -0.2) is 4.79 Å². The van der Waals surface area contributed by atoms with E-state index in [1.165, 1.54) is 0 Å². The Labute approximate surface area is 128 Å². The van der Waals surface area contributed by atoms with Crippen molar-refractivity contribution in [3.8, 4) is 0 Å². The fraction of sp³-hybridized carbons (Fsp3) is 0.875. The van der Waals surface area contributed by atoms with Crippen molar-refractivity contribution in [2.75, 3.05) is 26.2 Å². The lowest BCUT2D eigenvalue weighted by Gasteiger charge is -2.27. The van der Waals surface area contributed by atoms with Gasteiger partial charge in [-0.1, -0.05) is 27.7 Å². The van der Waals surface area contributed by atoms with Crippen molar-refractivity contribution in [1.29, 1.82) is 0 Å². The van der Waals surface area contributed by atoms with Gasteiger partial charge in [-0.05, 0) is 24.7 Å². The van der Waals surface area contributed by atoms with E-state index in [1.54, 1.807) is 4.90 Å². The second-order valence-electron chi connectivity index (χ2n) is 6.88. The summed E-state index contributed by atoms with van der Waals surface area (Å²) in [5, 5.41) is 9.14. The van der Waals surface area contributed by atoms with Crippen LogP contribution in [-0.4, -0.2) is 59.0 Å². The maximum atomic E-state index is 12.3. The highest BCUT2D eigenvalue weighted by Gasteiger charge is 2.33. The van der Waals surface area contributed by atoms with Gasteiger partial charge in [0.2, 0.25) is 5.91 Å². The van der Waals surface area contributed by atoms with Crippen LogP contribution in [0.3, 0.4) is 0 Å². The molecule has 0 aliphatic carbocycles. The summed E-state index contributed by atoms with van der Waals surface area (Å²) in [5.41, 5.74) is 0. The fourth-order valence-electron chi connectivity index (χ4n) is 3.01. The van der Waals surface area contributed by atoms with Gasteiger partial charge in [-0.2, -0.15) is 0 Å². The third-order valence-electron chi connectivity index (χ3n) is 3.75. The number of aliphatic carboxylic acids is 1. The molecule has 5 nitrogen and oxygen atoms in total. The molecule has 1 rings (SSSR count). The highest BCUT2D eigenvalue weighted by molar-refractivity contribution is 5.84. The van der Waals surface area contributed by atoms with E-state index < -0.39 is 12.0 Å². The molecule has 1 aliphatic heterocycles. The van der Waals surface area contributed by atoms with E-state index in [9.17, 15) is 9.59 Å². The largest absolute Gasteiger partial charge is 0.480 e. The van der Waals surface area contributed by atoms with Gasteiger partial charge in [0.05, 0.1) is 0 Å². The number of carbonyl (C=O) groups excluding carboxylic acids is 1. The predicted molar refractivity (Wildman–Crippen MR) is 83.1 cm³/mol. The summed E-state index contributed by atoms with van der Waals surface area (Å²) >= 11 is 0. The average molecular weight is 298 g/mol. The summed E-state index contributed by atoms with van der Waals surface area (Å²) in [4.78, 5) is 27.3. The summed E-state index contributed by atoms with van der Waals surface area (Å²) in [6.45, 7) is 12.0. The molecule has 0 spiro atoms. The molecule has 0 saturated carbocycles. The number of carboxylic acid groups (broad SMARTS) is 1. The lowest BCUT2D eigenvalue weighted by Crippen LogP contribution is -2.42. The van der Waals surface area contributed by atoms with Crippen LogP contribution < -0.4 is 0 Å². The molecule has 1 atom stereocenters. The molecule has 1 amide bonds. The molecule has 1 N–H and O–H groups in total. The van der Waals surface area contributed by atoms with Crippen molar-refractivity contribution in [3.05, 3.63) is 0 Å². The van der Waals surface area contributed by atoms with Crippen LogP contribution in [0.1, 0.15) is 47.0 Å². The number of nitrogens with zero attached hydrogens (tertiary/aromatic N) is 2. The molecule has 0 aromatic heterocycles. The van der Waals surface area contributed by atoms with Gasteiger partial charge in [-0.15, -0.1) is 0 Å². The quantitative estimate of drug-likeness (QED) is 0.745. The molecular weight excluding hydrogens is 268 g/mol. The van der Waals surface area contributed by atoms with Crippen LogP contribution in [0.2, 0.25) is 0 Å². The molecule has 21 heavy (non-hydrogen) atoms. The number of hydrogen-bond donors (Lipinski definition) is 1. The Bertz CT molecular complexity index is 345. The first-order valence-electron chi connectivity index (χ1n) is 8.05. The van der Waals surface area contributed by atoms with E-state index in [0.717, 1.165) is 26.1 Å². The van der Waals surface area contributed by atoms with E-state index in [2.05, 4.69) is 32.6 Å². The Morgan fingerprint density at radius 2 is 1.76 bits per heavy atom. The van der Waals surface area contributed by atoms with E-state index in [1.807, 2.05) is 0 Å². The minimum absolute atomic E-state index is 0.0163. The van der Waals surface area contributed by atoms with E-state index in [-0.39, 0.29) is 5.91 Å². The van der Waals surface area contributed by atoms with Gasteiger partial charge in [0, 0.05) is 32.6 Å². The lowest BCUT2D eigenvalue weighted by atomic mass is 10.1. The zero-order valence-corrected chi connectivity index (χ0v) is 13.8. The maximum Gasteiger partial charge on any atom is 0.326 e. The minimum Gasteiger partial charge on any atom is -0.480 e. The molecule has 1 saturated heterocycles. The van der Waals surface area contributed by atoms with Crippen molar-refractivity contribution in [3.63, 3.8) is 0 Å². The first kappa shape index (κ1) is 18.0. The molecule has 0 aromatic rings. The Morgan fingerprint density at radius 3 is 2.24 bits per heavy atom. The van der Waals surface area contributed by atoms with Gasteiger partial charge in [-0.3, -0.25) is 4.79 Å². The van der Waals surface area contributed by atoms with Crippen LogP contribution in [0.4, 0.5) is 0 Å². The van der Waals surface area contributed by atoms with Crippen molar-refractivity contribution in [1.82, 2.24) is 9.80 Å². The highest BCUT2D eigenvalue weighted by Crippen LogP contribution is 2.18. The Hall–Kier alpha value is -1.10. The zero-order valence-electron chi connectivity index (χ0n) is 13.8. The molecule has 1 aliphatic rings. The highest BCUT2D eigenvalue weighted by atomic mass is 16.4. The topological polar surface area (TPSA) is 60.9 Å². The first-order chi connectivity index (χ1) is 9.81.